The van der Waals surface area contributed by atoms with Gasteiger partial charge in [0.25, 0.3) is 0 Å². The van der Waals surface area contributed by atoms with Crippen molar-refractivity contribution < 1.29 is 17.7 Å². The molecule has 5 rings (SSSR count). The van der Waals surface area contributed by atoms with Gasteiger partial charge in [-0.2, -0.15) is 9.29 Å². The van der Waals surface area contributed by atoms with Crippen molar-refractivity contribution in [3.63, 3.8) is 0 Å². The van der Waals surface area contributed by atoms with Crippen LogP contribution < -0.4 is 0 Å². The van der Waals surface area contributed by atoms with Crippen molar-refractivity contribution in [2.24, 2.45) is 0 Å². The molecule has 0 saturated carbocycles. The number of rotatable bonds is 7. The summed E-state index contributed by atoms with van der Waals surface area (Å²) in [6.45, 7) is 2.52. The molecule has 2 fully saturated rings. The first-order valence-electron chi connectivity index (χ1n) is 12.3. The minimum absolute atomic E-state index is 0.115. The molecule has 3 aromatic rings. The highest BCUT2D eigenvalue weighted by molar-refractivity contribution is 7.89. The highest BCUT2D eigenvalue weighted by Gasteiger charge is 2.29. The van der Waals surface area contributed by atoms with Crippen molar-refractivity contribution in [3.05, 3.63) is 66.1 Å². The van der Waals surface area contributed by atoms with Crippen LogP contribution in [-0.2, 0) is 21.2 Å². The van der Waals surface area contributed by atoms with Crippen LogP contribution in [0.25, 0.3) is 11.4 Å². The van der Waals surface area contributed by atoms with Crippen LogP contribution in [0.5, 0.6) is 0 Å². The average molecular weight is 495 g/mol. The summed E-state index contributed by atoms with van der Waals surface area (Å²) in [5.74, 6) is 1.32. The van der Waals surface area contributed by atoms with E-state index in [9.17, 15) is 13.2 Å². The molecule has 1 aromatic heterocycles. The first-order chi connectivity index (χ1) is 17.0. The lowest BCUT2D eigenvalue weighted by Crippen LogP contribution is -2.38. The van der Waals surface area contributed by atoms with E-state index in [1.807, 2.05) is 35.2 Å². The van der Waals surface area contributed by atoms with Crippen LogP contribution in [0.2, 0.25) is 0 Å². The van der Waals surface area contributed by atoms with Crippen molar-refractivity contribution in [2.45, 2.75) is 49.3 Å². The number of carbonyl (C=O) groups excluding carboxylic acids is 1. The minimum atomic E-state index is -3.45. The van der Waals surface area contributed by atoms with Gasteiger partial charge < -0.3 is 9.42 Å². The van der Waals surface area contributed by atoms with Crippen LogP contribution >= 0.6 is 0 Å². The predicted molar refractivity (Wildman–Crippen MR) is 131 cm³/mol. The Kier molecular flexibility index (Phi) is 6.97. The lowest BCUT2D eigenvalue weighted by Gasteiger charge is -2.30. The van der Waals surface area contributed by atoms with Gasteiger partial charge in [0.05, 0.1) is 4.90 Å². The molecule has 0 radical (unpaired) electrons. The lowest BCUT2D eigenvalue weighted by atomic mass is 9.96. The Hall–Kier alpha value is -3.04. The zero-order chi connectivity index (χ0) is 24.3. The number of nitrogens with zero attached hydrogens (tertiary/aromatic N) is 4. The van der Waals surface area contributed by atoms with Gasteiger partial charge in [0.1, 0.15) is 0 Å². The number of aromatic nitrogens is 2. The second-order valence-electron chi connectivity index (χ2n) is 9.23. The molecular formula is C26H30N4O4S. The van der Waals surface area contributed by atoms with Gasteiger partial charge in [-0.3, -0.25) is 4.79 Å². The second kappa shape index (κ2) is 10.3. The highest BCUT2D eigenvalue weighted by Crippen LogP contribution is 2.29. The molecule has 2 aliphatic heterocycles. The molecule has 2 aliphatic rings. The number of sulfonamides is 1. The maximum atomic E-state index is 12.7. The van der Waals surface area contributed by atoms with E-state index >= 15 is 0 Å². The van der Waals surface area contributed by atoms with E-state index in [-0.39, 0.29) is 16.7 Å². The van der Waals surface area contributed by atoms with Gasteiger partial charge in [-0.1, -0.05) is 35.5 Å². The van der Waals surface area contributed by atoms with Gasteiger partial charge >= 0.3 is 0 Å². The molecular weight excluding hydrogens is 464 g/mol. The van der Waals surface area contributed by atoms with Crippen LogP contribution in [0.1, 0.15) is 49.5 Å². The Morgan fingerprint density at radius 1 is 0.943 bits per heavy atom. The topological polar surface area (TPSA) is 96.6 Å². The summed E-state index contributed by atoms with van der Waals surface area (Å²) in [7, 11) is -3.45. The van der Waals surface area contributed by atoms with Crippen molar-refractivity contribution >= 4 is 15.9 Å². The fourth-order valence-electron chi connectivity index (χ4n) is 4.80. The Labute approximate surface area is 206 Å². The number of amides is 1. The van der Waals surface area contributed by atoms with Crippen molar-refractivity contribution in [3.8, 4) is 11.4 Å². The summed E-state index contributed by atoms with van der Waals surface area (Å²) < 4.78 is 32.5. The molecule has 0 unspecified atom stereocenters. The van der Waals surface area contributed by atoms with Crippen LogP contribution in [0, 0.1) is 0 Å². The molecule has 3 heterocycles. The van der Waals surface area contributed by atoms with E-state index in [1.165, 1.54) is 9.87 Å². The van der Waals surface area contributed by atoms with Crippen molar-refractivity contribution in [1.29, 1.82) is 0 Å². The van der Waals surface area contributed by atoms with Crippen LogP contribution in [0.15, 0.2) is 64.0 Å². The maximum absolute atomic E-state index is 12.7. The Morgan fingerprint density at radius 2 is 1.63 bits per heavy atom. The number of hydrogen-bond donors (Lipinski definition) is 0. The number of hydrogen-bond acceptors (Lipinski definition) is 6. The van der Waals surface area contributed by atoms with E-state index < -0.39 is 10.0 Å². The average Bonchev–Trinajstić information content (AvgIpc) is 3.62. The van der Waals surface area contributed by atoms with Gasteiger partial charge in [0.15, 0.2) is 0 Å². The summed E-state index contributed by atoms with van der Waals surface area (Å²) in [5.41, 5.74) is 1.89. The first kappa shape index (κ1) is 23.7. The largest absolute Gasteiger partial charge is 0.343 e. The molecule has 8 nitrogen and oxygen atoms in total. The third-order valence-electron chi connectivity index (χ3n) is 6.92. The monoisotopic (exact) mass is 494 g/mol. The van der Waals surface area contributed by atoms with Gasteiger partial charge in [-0.25, -0.2) is 8.42 Å². The van der Waals surface area contributed by atoms with Crippen LogP contribution in [-0.4, -0.2) is 59.8 Å². The highest BCUT2D eigenvalue weighted by atomic mass is 32.2. The van der Waals surface area contributed by atoms with Crippen LogP contribution in [0.3, 0.4) is 0 Å². The van der Waals surface area contributed by atoms with E-state index in [1.54, 1.807) is 24.3 Å². The number of benzene rings is 2. The number of aryl methyl sites for hydroxylation is 1. The third-order valence-corrected chi connectivity index (χ3v) is 8.84. The maximum Gasteiger partial charge on any atom is 0.243 e. The molecule has 0 atom stereocenters. The summed E-state index contributed by atoms with van der Waals surface area (Å²) >= 11 is 0. The normalized spacial score (nSPS) is 17.7. The van der Waals surface area contributed by atoms with Gasteiger partial charge in [0, 0.05) is 44.1 Å². The van der Waals surface area contributed by atoms with Crippen molar-refractivity contribution in [1.82, 2.24) is 19.3 Å². The molecule has 0 aliphatic carbocycles. The molecule has 35 heavy (non-hydrogen) atoms. The Morgan fingerprint density at radius 3 is 2.31 bits per heavy atom. The Balaban J connectivity index is 1.16. The molecule has 0 bridgehead atoms. The molecule has 1 amide bonds. The number of carbonyl (C=O) groups is 1. The zero-order valence-corrected chi connectivity index (χ0v) is 20.5. The number of likely N-dealkylation sites (tertiary alicyclic amines) is 1. The van der Waals surface area contributed by atoms with Crippen LogP contribution in [0.4, 0.5) is 0 Å². The summed E-state index contributed by atoms with van der Waals surface area (Å²) in [6, 6.07) is 16.7. The molecule has 2 aromatic carbocycles. The minimum Gasteiger partial charge on any atom is -0.343 e. The van der Waals surface area contributed by atoms with E-state index in [0.29, 0.717) is 49.9 Å². The third kappa shape index (κ3) is 5.31. The molecule has 0 N–H and O–H groups in total. The molecule has 0 spiro atoms. The van der Waals surface area contributed by atoms with Gasteiger partial charge in [0.2, 0.25) is 27.6 Å². The fraction of sp³-hybridized carbons (Fsp3) is 0.423. The summed E-state index contributed by atoms with van der Waals surface area (Å²) in [5, 5.41) is 4.12. The predicted octanol–water partition coefficient (Wildman–Crippen LogP) is 3.86. The van der Waals surface area contributed by atoms with Gasteiger partial charge in [-0.15, -0.1) is 0 Å². The van der Waals surface area contributed by atoms with Gasteiger partial charge in [-0.05, 0) is 61.9 Å². The standard InChI is InChI=1S/C26H30N4O4S/c31-24(13-8-20-6-2-1-3-7-20)29-18-14-22(15-19-29)26-27-25(28-34-26)21-9-11-23(12-10-21)35(32,33)30-16-4-5-17-30/h1-3,6-7,9-12,22H,4-5,8,13-19H2. The SMILES string of the molecule is O=C(CCc1ccccc1)N1CCC(c2nc(-c3ccc(S(=O)(=O)N4CCCC4)cc3)no2)CC1. The fourth-order valence-corrected chi connectivity index (χ4v) is 6.32. The lowest BCUT2D eigenvalue weighted by molar-refractivity contribution is -0.132. The quantitative estimate of drug-likeness (QED) is 0.495. The Bertz CT molecular complexity index is 1240. The molecule has 184 valence electrons. The smallest absolute Gasteiger partial charge is 0.243 e. The number of piperidine rings is 1. The van der Waals surface area contributed by atoms with E-state index in [0.717, 1.165) is 32.1 Å². The van der Waals surface area contributed by atoms with E-state index in [2.05, 4.69) is 10.1 Å². The summed E-state index contributed by atoms with van der Waals surface area (Å²) in [4.78, 5) is 19.4. The molecule has 2 saturated heterocycles. The summed E-state index contributed by atoms with van der Waals surface area (Å²) in [6.07, 6.45) is 4.65. The zero-order valence-electron chi connectivity index (χ0n) is 19.7. The molecule has 9 heteroatoms. The van der Waals surface area contributed by atoms with Crippen molar-refractivity contribution in [2.75, 3.05) is 26.2 Å². The first-order valence-corrected chi connectivity index (χ1v) is 13.7. The second-order valence-corrected chi connectivity index (χ2v) is 11.2. The van der Waals surface area contributed by atoms with E-state index in [4.69, 9.17) is 4.52 Å².